The minimum absolute atomic E-state index is 0.0606. The van der Waals surface area contributed by atoms with Gasteiger partial charge in [0.15, 0.2) is 11.4 Å². The minimum atomic E-state index is -1.11. The van der Waals surface area contributed by atoms with Crippen LogP contribution in [0.1, 0.15) is 36.3 Å². The van der Waals surface area contributed by atoms with Gasteiger partial charge in [-0.2, -0.15) is 5.10 Å². The Kier molecular flexibility index (Phi) is 9.17. The lowest BCUT2D eigenvalue weighted by atomic mass is 9.89. The van der Waals surface area contributed by atoms with Crippen LogP contribution in [0.5, 0.6) is 0 Å². The molecule has 0 radical (unpaired) electrons. The number of halogens is 1. The second-order valence-electron chi connectivity index (χ2n) is 12.8. The van der Waals surface area contributed by atoms with E-state index in [1.54, 1.807) is 36.7 Å². The Morgan fingerprint density at radius 1 is 1.02 bits per heavy atom. The van der Waals surface area contributed by atoms with Crippen LogP contribution in [0.2, 0.25) is 0 Å². The van der Waals surface area contributed by atoms with E-state index in [2.05, 4.69) is 49.7 Å². The van der Waals surface area contributed by atoms with Gasteiger partial charge in [0.2, 0.25) is 5.91 Å². The van der Waals surface area contributed by atoms with E-state index in [1.807, 2.05) is 21.9 Å². The lowest BCUT2D eigenvalue weighted by Gasteiger charge is -2.33. The van der Waals surface area contributed by atoms with E-state index in [0.29, 0.717) is 61.3 Å². The zero-order valence-electron chi connectivity index (χ0n) is 27.2. The third-order valence-corrected chi connectivity index (χ3v) is 9.84. The summed E-state index contributed by atoms with van der Waals surface area (Å²) < 4.78 is 19.8. The third-order valence-electron chi connectivity index (χ3n) is 9.84. The molecule has 2 amide bonds. The van der Waals surface area contributed by atoms with Crippen LogP contribution in [-0.2, 0) is 20.9 Å². The molecule has 0 spiro atoms. The van der Waals surface area contributed by atoms with Gasteiger partial charge in [-0.15, -0.1) is 0 Å². The second-order valence-corrected chi connectivity index (χ2v) is 12.8. The number of nitrogens with one attached hydrogen (secondary N) is 2. The summed E-state index contributed by atoms with van der Waals surface area (Å²) in [6, 6.07) is 20.1. The van der Waals surface area contributed by atoms with Crippen molar-refractivity contribution < 1.29 is 23.8 Å². The van der Waals surface area contributed by atoms with Crippen molar-refractivity contribution in [2.45, 2.75) is 37.4 Å². The molecule has 7 rings (SSSR count). The number of nitrogens with zero attached hydrogens (tertiary/aromatic N) is 5. The standard InChI is InChI=1S/C37H38FN7O4/c1-49-37(36(48)41-29-8-10-32-30(20-29)34(43-42-32)27-7-9-31(38)28(19-27)22-46)13-18-44(23-37)21-33(47)45-16-11-25(12-17-45)24-3-5-26(6-4-24)35-39-14-2-15-40-35/h2-10,14-15,19-20,25,46H,11-13,16-18,21-23H2,1H3,(H,41,48)(H,42,43)/t37-/m0/s1. The molecule has 2 saturated heterocycles. The molecule has 2 aromatic heterocycles. The molecule has 3 aromatic carbocycles. The number of benzene rings is 3. The maximum absolute atomic E-state index is 14.0. The summed E-state index contributed by atoms with van der Waals surface area (Å²) >= 11 is 0. The van der Waals surface area contributed by atoms with E-state index >= 15 is 0 Å². The molecule has 0 bridgehead atoms. The molecule has 12 heteroatoms. The smallest absolute Gasteiger partial charge is 0.258 e. The Balaban J connectivity index is 0.948. The van der Waals surface area contributed by atoms with Crippen molar-refractivity contribution in [3.8, 4) is 22.6 Å². The van der Waals surface area contributed by atoms with Gasteiger partial charge >= 0.3 is 0 Å². The van der Waals surface area contributed by atoms with Crippen molar-refractivity contribution in [3.63, 3.8) is 0 Å². The van der Waals surface area contributed by atoms with Crippen LogP contribution < -0.4 is 5.32 Å². The van der Waals surface area contributed by atoms with Crippen LogP contribution in [-0.4, -0.2) is 92.3 Å². The fourth-order valence-electron chi connectivity index (χ4n) is 6.94. The lowest BCUT2D eigenvalue weighted by molar-refractivity contribution is -0.138. The Bertz CT molecular complexity index is 1960. The van der Waals surface area contributed by atoms with Crippen molar-refractivity contribution >= 4 is 28.4 Å². The summed E-state index contributed by atoms with van der Waals surface area (Å²) in [5.41, 5.74) is 3.83. The number of H-pyrrole nitrogens is 1. The zero-order valence-corrected chi connectivity index (χ0v) is 27.2. The molecule has 1 atom stereocenters. The van der Waals surface area contributed by atoms with Gasteiger partial charge < -0.3 is 20.1 Å². The Hall–Kier alpha value is -5.04. The SMILES string of the molecule is CO[C@@]1(C(=O)Nc2ccc3[nH]nc(-c4ccc(F)c(CO)c4)c3c2)CCN(CC(=O)N2CCC(c3ccc(-c4ncccn4)cc3)CC2)C1. The number of ether oxygens (including phenoxy) is 1. The van der Waals surface area contributed by atoms with Gasteiger partial charge in [-0.05, 0) is 73.2 Å². The number of hydrogen-bond acceptors (Lipinski definition) is 8. The molecular formula is C37H38FN7O4. The molecule has 0 saturated carbocycles. The number of fused-ring (bicyclic) bond motifs is 1. The van der Waals surface area contributed by atoms with Gasteiger partial charge in [0.05, 0.1) is 24.4 Å². The van der Waals surface area contributed by atoms with Crippen LogP contribution in [0.4, 0.5) is 10.1 Å². The van der Waals surface area contributed by atoms with Gasteiger partial charge in [-0.25, -0.2) is 14.4 Å². The van der Waals surface area contributed by atoms with Crippen molar-refractivity contribution in [2.75, 3.05) is 45.2 Å². The van der Waals surface area contributed by atoms with Gasteiger partial charge in [-0.1, -0.05) is 24.3 Å². The number of aromatic nitrogens is 4. The van der Waals surface area contributed by atoms with Crippen molar-refractivity contribution in [1.29, 1.82) is 0 Å². The fraction of sp³-hybridized carbons (Fsp3) is 0.324. The van der Waals surface area contributed by atoms with Crippen molar-refractivity contribution in [2.24, 2.45) is 0 Å². The summed E-state index contributed by atoms with van der Waals surface area (Å²) in [5.74, 6) is 0.378. The highest BCUT2D eigenvalue weighted by Gasteiger charge is 2.45. The largest absolute Gasteiger partial charge is 0.392 e. The predicted octanol–water partition coefficient (Wildman–Crippen LogP) is 4.75. The van der Waals surface area contributed by atoms with Gasteiger partial charge in [0, 0.05) is 73.4 Å². The van der Waals surface area contributed by atoms with E-state index in [0.717, 1.165) is 29.3 Å². The van der Waals surface area contributed by atoms with Crippen molar-refractivity contribution in [1.82, 2.24) is 30.0 Å². The van der Waals surface area contributed by atoms with Crippen LogP contribution in [0, 0.1) is 5.82 Å². The minimum Gasteiger partial charge on any atom is -0.392 e. The molecule has 0 aliphatic carbocycles. The van der Waals surface area contributed by atoms with E-state index in [-0.39, 0.29) is 23.9 Å². The van der Waals surface area contributed by atoms with E-state index < -0.39 is 18.0 Å². The van der Waals surface area contributed by atoms with Gasteiger partial charge in [0.25, 0.3) is 5.91 Å². The number of hydrogen-bond donors (Lipinski definition) is 3. The molecule has 5 aromatic rings. The maximum Gasteiger partial charge on any atom is 0.258 e. The quantitative estimate of drug-likeness (QED) is 0.206. The molecule has 49 heavy (non-hydrogen) atoms. The molecular weight excluding hydrogens is 625 g/mol. The summed E-state index contributed by atoms with van der Waals surface area (Å²) in [5, 5.41) is 20.6. The average Bonchev–Trinajstić information content (AvgIpc) is 3.77. The molecule has 0 unspecified atom stereocenters. The monoisotopic (exact) mass is 663 g/mol. The molecule has 2 aliphatic rings. The average molecular weight is 664 g/mol. The maximum atomic E-state index is 14.0. The van der Waals surface area contributed by atoms with Crippen LogP contribution in [0.25, 0.3) is 33.5 Å². The first-order valence-electron chi connectivity index (χ1n) is 16.5. The first-order chi connectivity index (χ1) is 23.9. The first-order valence-corrected chi connectivity index (χ1v) is 16.5. The second kappa shape index (κ2) is 13.8. The van der Waals surface area contributed by atoms with E-state index in [4.69, 9.17) is 4.74 Å². The number of carbonyl (C=O) groups is 2. The lowest BCUT2D eigenvalue weighted by Crippen LogP contribution is -2.48. The number of anilines is 1. The van der Waals surface area contributed by atoms with Crippen LogP contribution in [0.15, 0.2) is 79.1 Å². The number of amides is 2. The number of aromatic amines is 1. The highest BCUT2D eigenvalue weighted by molar-refractivity contribution is 6.01. The third kappa shape index (κ3) is 6.67. The fourth-order valence-corrected chi connectivity index (χ4v) is 6.94. The number of rotatable bonds is 9. The summed E-state index contributed by atoms with van der Waals surface area (Å²) in [6.45, 7) is 2.04. The Labute approximate surface area is 283 Å². The molecule has 11 nitrogen and oxygen atoms in total. The molecule has 2 fully saturated rings. The highest BCUT2D eigenvalue weighted by Crippen LogP contribution is 2.33. The number of carbonyl (C=O) groups excluding carboxylic acids is 2. The van der Waals surface area contributed by atoms with E-state index in [1.165, 1.54) is 18.7 Å². The summed E-state index contributed by atoms with van der Waals surface area (Å²) in [4.78, 5) is 39.6. The van der Waals surface area contributed by atoms with Gasteiger partial charge in [0.1, 0.15) is 5.82 Å². The highest BCUT2D eigenvalue weighted by atomic mass is 19.1. The zero-order chi connectivity index (χ0) is 34.0. The van der Waals surface area contributed by atoms with Gasteiger partial charge in [-0.3, -0.25) is 19.6 Å². The number of aliphatic hydroxyl groups is 1. The Morgan fingerprint density at radius 2 is 1.78 bits per heavy atom. The van der Waals surface area contributed by atoms with E-state index in [9.17, 15) is 19.1 Å². The number of likely N-dealkylation sites (tertiary alicyclic amines) is 2. The van der Waals surface area contributed by atoms with Crippen LogP contribution in [0.3, 0.4) is 0 Å². The molecule has 252 valence electrons. The molecule has 4 heterocycles. The Morgan fingerprint density at radius 3 is 2.51 bits per heavy atom. The van der Waals surface area contributed by atoms with Crippen LogP contribution >= 0.6 is 0 Å². The molecule has 3 N–H and O–H groups in total. The first kappa shape index (κ1) is 32.5. The number of methoxy groups -OCH3 is 1. The predicted molar refractivity (Wildman–Crippen MR) is 183 cm³/mol. The van der Waals surface area contributed by atoms with Crippen molar-refractivity contribution in [3.05, 3.63) is 96.1 Å². The number of aliphatic hydroxyl groups excluding tert-OH is 1. The molecule has 2 aliphatic heterocycles. The topological polar surface area (TPSA) is 137 Å². The summed E-state index contributed by atoms with van der Waals surface area (Å²) in [6.07, 6.45) is 5.71. The number of piperidine rings is 1. The normalized spacial score (nSPS) is 18.6. The summed E-state index contributed by atoms with van der Waals surface area (Å²) in [7, 11) is 1.53.